The molecular weight excluding hydrogens is 258 g/mol. The fraction of sp³-hybridized carbons (Fsp3) is 0.0714. The van der Waals surface area contributed by atoms with Crippen LogP contribution in [0.15, 0.2) is 45.6 Å². The number of hydrogen-bond acceptors (Lipinski definition) is 4. The highest BCUT2D eigenvalue weighted by atomic mass is 16.3. The number of anilines is 1. The van der Waals surface area contributed by atoms with Crippen LogP contribution in [0.2, 0.25) is 0 Å². The molecule has 2 aromatic heterocycles. The molecule has 20 heavy (non-hydrogen) atoms. The second kappa shape index (κ2) is 4.65. The van der Waals surface area contributed by atoms with E-state index in [2.05, 4.69) is 15.5 Å². The number of amides is 1. The highest BCUT2D eigenvalue weighted by molar-refractivity contribution is 6.02. The van der Waals surface area contributed by atoms with E-state index in [1.54, 1.807) is 30.3 Å². The van der Waals surface area contributed by atoms with E-state index in [4.69, 9.17) is 4.42 Å². The van der Waals surface area contributed by atoms with Crippen molar-refractivity contribution in [2.45, 2.75) is 6.92 Å². The summed E-state index contributed by atoms with van der Waals surface area (Å²) in [6, 6.07) is 9.63. The van der Waals surface area contributed by atoms with Gasteiger partial charge in [0.25, 0.3) is 5.91 Å². The number of carbonyl (C=O) groups excluding carboxylic acids is 1. The van der Waals surface area contributed by atoms with Gasteiger partial charge in [-0.2, -0.15) is 5.10 Å². The van der Waals surface area contributed by atoms with Crippen LogP contribution >= 0.6 is 0 Å². The monoisotopic (exact) mass is 269 g/mol. The van der Waals surface area contributed by atoms with Gasteiger partial charge in [0.2, 0.25) is 0 Å². The number of para-hydroxylation sites is 1. The van der Waals surface area contributed by atoms with Gasteiger partial charge in [-0.15, -0.1) is 0 Å². The molecule has 1 aromatic carbocycles. The Balaban J connectivity index is 1.97. The van der Waals surface area contributed by atoms with Crippen molar-refractivity contribution in [1.82, 2.24) is 10.2 Å². The molecule has 0 unspecified atom stereocenters. The van der Waals surface area contributed by atoms with E-state index in [9.17, 15) is 9.59 Å². The summed E-state index contributed by atoms with van der Waals surface area (Å²) in [5.74, 6) is -0.183. The number of fused-ring (bicyclic) bond motifs is 1. The van der Waals surface area contributed by atoms with Crippen LogP contribution in [-0.4, -0.2) is 16.1 Å². The molecule has 1 amide bonds. The number of nitrogens with zero attached hydrogens (tertiary/aromatic N) is 1. The Morgan fingerprint density at radius 1 is 1.30 bits per heavy atom. The van der Waals surface area contributed by atoms with E-state index in [1.165, 1.54) is 6.07 Å². The molecule has 0 atom stereocenters. The average Bonchev–Trinajstić information content (AvgIpc) is 2.84. The molecule has 0 aliphatic carbocycles. The fourth-order valence-electron chi connectivity index (χ4n) is 1.88. The minimum absolute atomic E-state index is 0.0469. The summed E-state index contributed by atoms with van der Waals surface area (Å²) >= 11 is 0. The first-order chi connectivity index (χ1) is 9.63. The molecule has 2 N–H and O–H groups in total. The smallest absolute Gasteiger partial charge is 0.292 e. The van der Waals surface area contributed by atoms with E-state index in [-0.39, 0.29) is 11.2 Å². The van der Waals surface area contributed by atoms with Crippen LogP contribution in [-0.2, 0) is 0 Å². The molecule has 6 heteroatoms. The molecule has 0 aliphatic heterocycles. The van der Waals surface area contributed by atoms with E-state index in [0.29, 0.717) is 16.8 Å². The Morgan fingerprint density at radius 2 is 2.10 bits per heavy atom. The van der Waals surface area contributed by atoms with E-state index in [1.807, 2.05) is 6.92 Å². The number of aromatic nitrogens is 2. The lowest BCUT2D eigenvalue weighted by Gasteiger charge is -2.02. The summed E-state index contributed by atoms with van der Waals surface area (Å²) in [6.45, 7) is 1.82. The van der Waals surface area contributed by atoms with Gasteiger partial charge in [0.1, 0.15) is 5.58 Å². The topological polar surface area (TPSA) is 88.0 Å². The molecule has 0 bridgehead atoms. The summed E-state index contributed by atoms with van der Waals surface area (Å²) in [7, 11) is 0. The SMILES string of the molecule is Cc1cc(NC(=O)c2cc(=O)c3ccccc3o2)n[nH]1. The van der Waals surface area contributed by atoms with Crippen molar-refractivity contribution in [3.63, 3.8) is 0 Å². The summed E-state index contributed by atoms with van der Waals surface area (Å²) in [6.07, 6.45) is 0. The van der Waals surface area contributed by atoms with Gasteiger partial charge >= 0.3 is 0 Å². The lowest BCUT2D eigenvalue weighted by Crippen LogP contribution is -2.15. The second-order valence-electron chi connectivity index (χ2n) is 4.36. The molecule has 100 valence electrons. The zero-order valence-electron chi connectivity index (χ0n) is 10.6. The van der Waals surface area contributed by atoms with Crippen LogP contribution in [0.5, 0.6) is 0 Å². The Labute approximate surface area is 113 Å². The van der Waals surface area contributed by atoms with Gasteiger partial charge in [-0.3, -0.25) is 14.7 Å². The van der Waals surface area contributed by atoms with Crippen LogP contribution < -0.4 is 10.7 Å². The molecule has 0 aliphatic rings. The maximum atomic E-state index is 12.0. The Bertz CT molecular complexity index is 848. The van der Waals surface area contributed by atoms with Gasteiger partial charge in [0.05, 0.1) is 5.39 Å². The van der Waals surface area contributed by atoms with Gasteiger partial charge in [-0.1, -0.05) is 12.1 Å². The van der Waals surface area contributed by atoms with E-state index in [0.717, 1.165) is 5.69 Å². The van der Waals surface area contributed by atoms with Crippen LogP contribution in [0.3, 0.4) is 0 Å². The van der Waals surface area contributed by atoms with Crippen LogP contribution in [0, 0.1) is 6.92 Å². The number of aryl methyl sites for hydroxylation is 1. The Morgan fingerprint density at radius 3 is 2.85 bits per heavy atom. The molecule has 3 rings (SSSR count). The number of aromatic amines is 1. The summed E-state index contributed by atoms with van der Waals surface area (Å²) in [4.78, 5) is 23.9. The van der Waals surface area contributed by atoms with Crippen molar-refractivity contribution in [2.75, 3.05) is 5.32 Å². The third-order valence-corrected chi connectivity index (χ3v) is 2.81. The molecule has 0 fully saturated rings. The zero-order chi connectivity index (χ0) is 14.1. The van der Waals surface area contributed by atoms with Gasteiger partial charge < -0.3 is 9.73 Å². The highest BCUT2D eigenvalue weighted by Gasteiger charge is 2.13. The lowest BCUT2D eigenvalue weighted by molar-refractivity contribution is 0.0997. The number of H-pyrrole nitrogens is 1. The quantitative estimate of drug-likeness (QED) is 0.745. The minimum atomic E-state index is -0.514. The molecule has 0 radical (unpaired) electrons. The maximum Gasteiger partial charge on any atom is 0.292 e. The van der Waals surface area contributed by atoms with Crippen molar-refractivity contribution < 1.29 is 9.21 Å². The number of carbonyl (C=O) groups is 1. The first-order valence-electron chi connectivity index (χ1n) is 6.00. The molecule has 0 spiro atoms. The van der Waals surface area contributed by atoms with Gasteiger partial charge in [0.15, 0.2) is 17.0 Å². The normalized spacial score (nSPS) is 10.7. The van der Waals surface area contributed by atoms with E-state index >= 15 is 0 Å². The van der Waals surface area contributed by atoms with Crippen molar-refractivity contribution in [1.29, 1.82) is 0 Å². The van der Waals surface area contributed by atoms with Crippen molar-refractivity contribution in [2.24, 2.45) is 0 Å². The van der Waals surface area contributed by atoms with Crippen molar-refractivity contribution in [3.05, 3.63) is 58.1 Å². The third kappa shape index (κ3) is 2.18. The molecule has 2 heterocycles. The minimum Gasteiger partial charge on any atom is -0.451 e. The maximum absolute atomic E-state index is 12.0. The fourth-order valence-corrected chi connectivity index (χ4v) is 1.88. The van der Waals surface area contributed by atoms with Crippen molar-refractivity contribution >= 4 is 22.7 Å². The number of hydrogen-bond donors (Lipinski definition) is 2. The average molecular weight is 269 g/mol. The van der Waals surface area contributed by atoms with Crippen LogP contribution in [0.1, 0.15) is 16.2 Å². The number of nitrogens with one attached hydrogen (secondary N) is 2. The standard InChI is InChI=1S/C14H11N3O3/c1-8-6-13(17-16-8)15-14(19)12-7-10(18)9-4-2-3-5-11(9)20-12/h2-7H,1H3,(H2,15,16,17,19). The lowest BCUT2D eigenvalue weighted by atomic mass is 10.2. The number of rotatable bonds is 2. The molecule has 6 nitrogen and oxygen atoms in total. The molecule has 3 aromatic rings. The second-order valence-corrected chi connectivity index (χ2v) is 4.36. The number of benzene rings is 1. The summed E-state index contributed by atoms with van der Waals surface area (Å²) in [5, 5.41) is 9.60. The zero-order valence-corrected chi connectivity index (χ0v) is 10.6. The third-order valence-electron chi connectivity index (χ3n) is 2.81. The highest BCUT2D eigenvalue weighted by Crippen LogP contribution is 2.13. The van der Waals surface area contributed by atoms with Gasteiger partial charge in [-0.05, 0) is 19.1 Å². The van der Waals surface area contributed by atoms with Crippen molar-refractivity contribution in [3.8, 4) is 0 Å². The Kier molecular flexibility index (Phi) is 2.83. The predicted molar refractivity (Wildman–Crippen MR) is 73.8 cm³/mol. The first kappa shape index (κ1) is 12.2. The van der Waals surface area contributed by atoms with Gasteiger partial charge in [0, 0.05) is 17.8 Å². The van der Waals surface area contributed by atoms with Crippen LogP contribution in [0.25, 0.3) is 11.0 Å². The van der Waals surface area contributed by atoms with E-state index < -0.39 is 5.91 Å². The van der Waals surface area contributed by atoms with Crippen LogP contribution in [0.4, 0.5) is 5.82 Å². The molecule has 0 saturated carbocycles. The largest absolute Gasteiger partial charge is 0.451 e. The van der Waals surface area contributed by atoms with Gasteiger partial charge in [-0.25, -0.2) is 0 Å². The molecule has 0 saturated heterocycles. The summed E-state index contributed by atoms with van der Waals surface area (Å²) in [5.41, 5.74) is 0.943. The first-order valence-corrected chi connectivity index (χ1v) is 6.00. The molecular formula is C14H11N3O3. The predicted octanol–water partition coefficient (Wildman–Crippen LogP) is 2.08. The Hall–Kier alpha value is -2.89. The summed E-state index contributed by atoms with van der Waals surface area (Å²) < 4.78 is 5.43.